The molecule has 3 aromatic rings. The Kier molecular flexibility index (Phi) is 4.01. The maximum absolute atomic E-state index is 2.59. The third-order valence-electron chi connectivity index (χ3n) is 4.35. The van der Waals surface area contributed by atoms with Gasteiger partial charge in [-0.25, -0.2) is 0 Å². The predicted octanol–water partition coefficient (Wildman–Crippen LogP) is 6.18. The molecule has 21 heavy (non-hydrogen) atoms. The normalized spacial score (nSPS) is 13.3. The molecule has 0 aliphatic carbocycles. The summed E-state index contributed by atoms with van der Waals surface area (Å²) in [6.07, 6.45) is 3.73. The van der Waals surface area contributed by atoms with Crippen molar-refractivity contribution in [2.24, 2.45) is 5.92 Å². The highest BCUT2D eigenvalue weighted by molar-refractivity contribution is 6.08. The van der Waals surface area contributed by atoms with Gasteiger partial charge >= 0.3 is 0 Å². The number of nitrogens with zero attached hydrogens (tertiary/aromatic N) is 1. The first kappa shape index (κ1) is 14.2. The molecular formula is C20H25N. The molecule has 1 heteroatoms. The molecule has 1 unspecified atom stereocenters. The second kappa shape index (κ2) is 5.93. The van der Waals surface area contributed by atoms with Gasteiger partial charge in [0.15, 0.2) is 0 Å². The molecule has 0 saturated heterocycles. The van der Waals surface area contributed by atoms with E-state index in [1.807, 2.05) is 0 Å². The summed E-state index contributed by atoms with van der Waals surface area (Å²) in [5.74, 6) is 0.724. The summed E-state index contributed by atoms with van der Waals surface area (Å²) in [5, 5.41) is 2.77. The molecule has 1 nitrogen and oxygen atoms in total. The van der Waals surface area contributed by atoms with Crippen LogP contribution in [0.5, 0.6) is 0 Å². The van der Waals surface area contributed by atoms with E-state index in [-0.39, 0.29) is 0 Å². The van der Waals surface area contributed by atoms with Gasteiger partial charge in [0.05, 0.1) is 0 Å². The smallest absolute Gasteiger partial charge is 0.0493 e. The van der Waals surface area contributed by atoms with Crippen LogP contribution in [0.25, 0.3) is 21.8 Å². The lowest BCUT2D eigenvalue weighted by Gasteiger charge is -2.23. The number of para-hydroxylation sites is 2. The Bertz CT molecular complexity index is 683. The topological polar surface area (TPSA) is 4.93 Å². The van der Waals surface area contributed by atoms with Crippen molar-refractivity contribution in [1.29, 1.82) is 0 Å². The van der Waals surface area contributed by atoms with Crippen LogP contribution in [0.3, 0.4) is 0 Å². The molecule has 3 rings (SSSR count). The molecule has 0 N–H and O–H groups in total. The summed E-state index contributed by atoms with van der Waals surface area (Å²) in [4.78, 5) is 0. The number of rotatable bonds is 5. The number of benzene rings is 2. The zero-order valence-electron chi connectivity index (χ0n) is 13.3. The van der Waals surface area contributed by atoms with Gasteiger partial charge in [0.2, 0.25) is 0 Å². The van der Waals surface area contributed by atoms with Crippen molar-refractivity contribution in [1.82, 2.24) is 4.57 Å². The third-order valence-corrected chi connectivity index (χ3v) is 4.35. The van der Waals surface area contributed by atoms with E-state index < -0.39 is 0 Å². The lowest BCUT2D eigenvalue weighted by atomic mass is 9.99. The van der Waals surface area contributed by atoms with Crippen LogP contribution in [0.2, 0.25) is 0 Å². The highest BCUT2D eigenvalue weighted by Gasteiger charge is 2.18. The van der Waals surface area contributed by atoms with Crippen molar-refractivity contribution in [3.8, 4) is 0 Å². The number of hydrogen-bond acceptors (Lipinski definition) is 0. The van der Waals surface area contributed by atoms with Crippen LogP contribution in [0.1, 0.15) is 46.1 Å². The molecule has 1 aromatic heterocycles. The average Bonchev–Trinajstić information content (AvgIpc) is 2.81. The highest BCUT2D eigenvalue weighted by atomic mass is 15.0. The van der Waals surface area contributed by atoms with Gasteiger partial charge in [-0.2, -0.15) is 0 Å². The first-order valence-electron chi connectivity index (χ1n) is 8.20. The van der Waals surface area contributed by atoms with Gasteiger partial charge in [0.25, 0.3) is 0 Å². The number of fused-ring (bicyclic) bond motifs is 3. The molecule has 0 fully saturated rings. The van der Waals surface area contributed by atoms with Crippen molar-refractivity contribution >= 4 is 21.8 Å². The predicted molar refractivity (Wildman–Crippen MR) is 92.8 cm³/mol. The quantitative estimate of drug-likeness (QED) is 0.525. The average molecular weight is 279 g/mol. The first-order chi connectivity index (χ1) is 10.2. The minimum absolute atomic E-state index is 0.597. The Labute approximate surface area is 127 Å². The van der Waals surface area contributed by atoms with Gasteiger partial charge in [0, 0.05) is 27.8 Å². The van der Waals surface area contributed by atoms with E-state index in [4.69, 9.17) is 0 Å². The monoisotopic (exact) mass is 279 g/mol. The van der Waals surface area contributed by atoms with Crippen LogP contribution in [-0.2, 0) is 0 Å². The molecule has 0 amide bonds. The molecule has 110 valence electrons. The third kappa shape index (κ3) is 2.57. The molecule has 1 atom stereocenters. The van der Waals surface area contributed by atoms with E-state index in [2.05, 4.69) is 73.9 Å². The summed E-state index contributed by atoms with van der Waals surface area (Å²) < 4.78 is 2.59. The molecule has 0 aliphatic heterocycles. The van der Waals surface area contributed by atoms with E-state index in [0.29, 0.717) is 6.04 Å². The molecule has 0 bridgehead atoms. The number of hydrogen-bond donors (Lipinski definition) is 0. The second-order valence-electron chi connectivity index (χ2n) is 6.48. The fraction of sp³-hybridized carbons (Fsp3) is 0.400. The van der Waals surface area contributed by atoms with Gasteiger partial charge in [0.1, 0.15) is 0 Å². The largest absolute Gasteiger partial charge is 0.337 e. The second-order valence-corrected chi connectivity index (χ2v) is 6.48. The molecule has 1 heterocycles. The van der Waals surface area contributed by atoms with Crippen LogP contribution in [0.4, 0.5) is 0 Å². The summed E-state index contributed by atoms with van der Waals surface area (Å²) >= 11 is 0. The standard InChI is InChI=1S/C20H25N/c1-4-9-16(14-15(2)3)21-19-12-7-5-10-17(19)18-11-6-8-13-20(18)21/h5-8,10-13,15-16H,4,9,14H2,1-3H3. The molecular weight excluding hydrogens is 254 g/mol. The highest BCUT2D eigenvalue weighted by Crippen LogP contribution is 2.35. The van der Waals surface area contributed by atoms with E-state index in [1.165, 1.54) is 41.1 Å². The van der Waals surface area contributed by atoms with Crippen molar-refractivity contribution < 1.29 is 0 Å². The van der Waals surface area contributed by atoms with E-state index >= 15 is 0 Å². The fourth-order valence-electron chi connectivity index (χ4n) is 3.58. The zero-order chi connectivity index (χ0) is 14.8. The van der Waals surface area contributed by atoms with Crippen molar-refractivity contribution in [3.63, 3.8) is 0 Å². The van der Waals surface area contributed by atoms with Crippen LogP contribution in [0.15, 0.2) is 48.5 Å². The fourth-order valence-corrected chi connectivity index (χ4v) is 3.58. The maximum atomic E-state index is 2.59. The molecule has 0 radical (unpaired) electrons. The van der Waals surface area contributed by atoms with Gasteiger partial charge in [-0.05, 0) is 30.9 Å². The van der Waals surface area contributed by atoms with Gasteiger partial charge in [-0.1, -0.05) is 63.6 Å². The Morgan fingerprint density at radius 3 is 1.86 bits per heavy atom. The van der Waals surface area contributed by atoms with Gasteiger partial charge in [-0.15, -0.1) is 0 Å². The maximum Gasteiger partial charge on any atom is 0.0493 e. The summed E-state index contributed by atoms with van der Waals surface area (Å²) in [5.41, 5.74) is 2.77. The first-order valence-corrected chi connectivity index (χ1v) is 8.20. The summed E-state index contributed by atoms with van der Waals surface area (Å²) in [7, 11) is 0. The van der Waals surface area contributed by atoms with Crippen LogP contribution in [-0.4, -0.2) is 4.57 Å². The Morgan fingerprint density at radius 2 is 1.38 bits per heavy atom. The molecule has 0 saturated carbocycles. The van der Waals surface area contributed by atoms with Crippen LogP contribution >= 0.6 is 0 Å². The van der Waals surface area contributed by atoms with Crippen molar-refractivity contribution in [2.75, 3.05) is 0 Å². The van der Waals surface area contributed by atoms with Crippen molar-refractivity contribution in [3.05, 3.63) is 48.5 Å². The van der Waals surface area contributed by atoms with Crippen LogP contribution < -0.4 is 0 Å². The van der Waals surface area contributed by atoms with Crippen LogP contribution in [0, 0.1) is 5.92 Å². The Morgan fingerprint density at radius 1 is 0.857 bits per heavy atom. The van der Waals surface area contributed by atoms with E-state index in [0.717, 1.165) is 5.92 Å². The van der Waals surface area contributed by atoms with E-state index in [1.54, 1.807) is 0 Å². The van der Waals surface area contributed by atoms with Gasteiger partial charge < -0.3 is 4.57 Å². The number of aromatic nitrogens is 1. The van der Waals surface area contributed by atoms with E-state index in [9.17, 15) is 0 Å². The Hall–Kier alpha value is -1.76. The summed E-state index contributed by atoms with van der Waals surface area (Å²) in [6.45, 7) is 6.95. The SMILES string of the molecule is CCCC(CC(C)C)n1c2ccccc2c2ccccc21. The lowest BCUT2D eigenvalue weighted by molar-refractivity contribution is 0.391. The van der Waals surface area contributed by atoms with Crippen molar-refractivity contribution in [2.45, 2.75) is 46.1 Å². The molecule has 0 aliphatic rings. The molecule has 0 spiro atoms. The summed E-state index contributed by atoms with van der Waals surface area (Å²) in [6, 6.07) is 18.3. The minimum atomic E-state index is 0.597. The Balaban J connectivity index is 2.26. The van der Waals surface area contributed by atoms with Gasteiger partial charge in [-0.3, -0.25) is 0 Å². The zero-order valence-corrected chi connectivity index (χ0v) is 13.3. The lowest BCUT2D eigenvalue weighted by Crippen LogP contribution is -2.11. The molecule has 2 aromatic carbocycles. The minimum Gasteiger partial charge on any atom is -0.337 e.